The first kappa shape index (κ1) is 13.8. The molecule has 2 N–H and O–H groups in total. The Balaban J connectivity index is 1.77. The number of anilines is 1. The number of nitrogens with one attached hydrogen (secondary N) is 1. The Morgan fingerprint density at radius 3 is 2.81 bits per heavy atom. The first-order valence-electron chi connectivity index (χ1n) is 6.65. The minimum Gasteiger partial charge on any atom is -0.465 e. The summed E-state index contributed by atoms with van der Waals surface area (Å²) in [4.78, 5) is 24.9. The van der Waals surface area contributed by atoms with E-state index in [1.807, 2.05) is 0 Å². The number of amides is 1. The van der Waals surface area contributed by atoms with Crippen molar-refractivity contribution in [3.63, 3.8) is 0 Å². The van der Waals surface area contributed by atoms with E-state index in [1.165, 1.54) is 11.2 Å². The molecule has 21 heavy (non-hydrogen) atoms. The quantitative estimate of drug-likeness (QED) is 0.827. The minimum atomic E-state index is -0.866. The Bertz CT molecular complexity index is 673. The number of hydrogen-bond donors (Lipinski definition) is 2. The zero-order chi connectivity index (χ0) is 14.8. The summed E-state index contributed by atoms with van der Waals surface area (Å²) in [7, 11) is 0. The van der Waals surface area contributed by atoms with Crippen molar-refractivity contribution >= 4 is 34.5 Å². The molecule has 0 atom stereocenters. The summed E-state index contributed by atoms with van der Waals surface area (Å²) in [5.41, 5.74) is 1.35. The molecule has 0 saturated carbocycles. The van der Waals surface area contributed by atoms with Crippen molar-refractivity contribution in [1.82, 2.24) is 19.9 Å². The van der Waals surface area contributed by atoms with Crippen molar-refractivity contribution in [1.29, 1.82) is 0 Å². The zero-order valence-electron chi connectivity index (χ0n) is 11.2. The maximum Gasteiger partial charge on any atom is 0.407 e. The van der Waals surface area contributed by atoms with Crippen LogP contribution in [-0.4, -0.2) is 50.2 Å². The lowest BCUT2D eigenvalue weighted by Crippen LogP contribution is -2.41. The van der Waals surface area contributed by atoms with Crippen LogP contribution in [0.5, 0.6) is 0 Å². The number of aromatic nitrogens is 3. The van der Waals surface area contributed by atoms with Crippen LogP contribution in [0.25, 0.3) is 11.0 Å². The molecule has 1 aliphatic rings. The van der Waals surface area contributed by atoms with Gasteiger partial charge < -0.3 is 15.3 Å². The van der Waals surface area contributed by atoms with Gasteiger partial charge in [0.15, 0.2) is 5.82 Å². The lowest BCUT2D eigenvalue weighted by atomic mass is 10.1. The van der Waals surface area contributed by atoms with Gasteiger partial charge in [0, 0.05) is 19.1 Å². The van der Waals surface area contributed by atoms with Crippen molar-refractivity contribution in [2.75, 3.05) is 18.4 Å². The van der Waals surface area contributed by atoms with Gasteiger partial charge in [0.2, 0.25) is 0 Å². The normalized spacial score (nSPS) is 16.1. The fourth-order valence-corrected chi connectivity index (χ4v) is 2.58. The Labute approximate surface area is 126 Å². The van der Waals surface area contributed by atoms with E-state index < -0.39 is 6.09 Å². The lowest BCUT2D eigenvalue weighted by molar-refractivity contribution is 0.134. The molecular weight excluding hydrogens is 294 g/mol. The van der Waals surface area contributed by atoms with Gasteiger partial charge >= 0.3 is 6.09 Å². The van der Waals surface area contributed by atoms with Gasteiger partial charge in [0.1, 0.15) is 17.0 Å². The van der Waals surface area contributed by atoms with E-state index >= 15 is 0 Å². The summed E-state index contributed by atoms with van der Waals surface area (Å²) in [6.45, 7) is 1.04. The monoisotopic (exact) mass is 307 g/mol. The fourth-order valence-electron chi connectivity index (χ4n) is 2.43. The maximum absolute atomic E-state index is 10.9. The molecule has 2 aromatic heterocycles. The first-order valence-corrected chi connectivity index (χ1v) is 7.03. The number of pyridine rings is 1. The number of likely N-dealkylation sites (tertiary alicyclic amines) is 1. The Morgan fingerprint density at radius 1 is 1.33 bits per heavy atom. The molecule has 0 bridgehead atoms. The van der Waals surface area contributed by atoms with Gasteiger partial charge in [-0.3, -0.25) is 0 Å². The number of rotatable bonds is 2. The van der Waals surface area contributed by atoms with E-state index in [-0.39, 0.29) is 6.04 Å². The molecule has 0 radical (unpaired) electrons. The number of hydrogen-bond acceptors (Lipinski definition) is 5. The van der Waals surface area contributed by atoms with Crippen LogP contribution in [-0.2, 0) is 0 Å². The van der Waals surface area contributed by atoms with Crippen LogP contribution in [0.2, 0.25) is 5.15 Å². The van der Waals surface area contributed by atoms with Gasteiger partial charge in [0.25, 0.3) is 0 Å². The Hall–Kier alpha value is -2.15. The van der Waals surface area contributed by atoms with Crippen molar-refractivity contribution in [2.45, 2.75) is 18.9 Å². The third-order valence-corrected chi connectivity index (χ3v) is 3.76. The number of nitrogens with zero attached hydrogens (tertiary/aromatic N) is 4. The van der Waals surface area contributed by atoms with E-state index in [0.717, 1.165) is 18.4 Å². The highest BCUT2D eigenvalue weighted by Gasteiger charge is 2.23. The summed E-state index contributed by atoms with van der Waals surface area (Å²) >= 11 is 5.92. The predicted octanol–water partition coefficient (Wildman–Crippen LogP) is 2.23. The molecular formula is C13H14ClN5O2. The molecule has 0 unspecified atom stereocenters. The van der Waals surface area contributed by atoms with Crippen molar-refractivity contribution in [2.24, 2.45) is 0 Å². The Kier molecular flexibility index (Phi) is 3.74. The molecule has 1 fully saturated rings. The summed E-state index contributed by atoms with van der Waals surface area (Å²) < 4.78 is 0. The van der Waals surface area contributed by atoms with E-state index in [1.54, 1.807) is 12.1 Å². The van der Waals surface area contributed by atoms with Gasteiger partial charge in [-0.2, -0.15) is 0 Å². The van der Waals surface area contributed by atoms with Crippen LogP contribution in [0, 0.1) is 0 Å². The predicted molar refractivity (Wildman–Crippen MR) is 78.6 cm³/mol. The maximum atomic E-state index is 10.9. The number of piperidine rings is 1. The highest BCUT2D eigenvalue weighted by molar-refractivity contribution is 6.29. The largest absolute Gasteiger partial charge is 0.465 e. The summed E-state index contributed by atoms with van der Waals surface area (Å²) in [5, 5.41) is 12.7. The van der Waals surface area contributed by atoms with Crippen molar-refractivity contribution in [3.8, 4) is 0 Å². The second-order valence-electron chi connectivity index (χ2n) is 4.91. The number of carbonyl (C=O) groups is 1. The second-order valence-corrected chi connectivity index (χ2v) is 5.30. The van der Waals surface area contributed by atoms with Gasteiger partial charge in [0.05, 0.1) is 5.52 Å². The highest BCUT2D eigenvalue weighted by atomic mass is 35.5. The van der Waals surface area contributed by atoms with Crippen LogP contribution in [0.15, 0.2) is 18.5 Å². The molecule has 0 spiro atoms. The van der Waals surface area contributed by atoms with Gasteiger partial charge in [-0.15, -0.1) is 0 Å². The third kappa shape index (κ3) is 2.97. The Morgan fingerprint density at radius 2 is 2.10 bits per heavy atom. The molecule has 8 heteroatoms. The summed E-state index contributed by atoms with van der Waals surface area (Å²) in [5.74, 6) is 0.635. The second kappa shape index (κ2) is 5.69. The molecule has 3 heterocycles. The minimum absolute atomic E-state index is 0.166. The van der Waals surface area contributed by atoms with E-state index in [9.17, 15) is 4.79 Å². The van der Waals surface area contributed by atoms with Gasteiger partial charge in [-0.1, -0.05) is 11.6 Å². The third-order valence-electron chi connectivity index (χ3n) is 3.55. The van der Waals surface area contributed by atoms with E-state index in [2.05, 4.69) is 20.3 Å². The number of halogens is 1. The molecule has 2 aromatic rings. The molecule has 0 aliphatic carbocycles. The first-order chi connectivity index (χ1) is 10.1. The lowest BCUT2D eigenvalue weighted by Gasteiger charge is -2.30. The van der Waals surface area contributed by atoms with Crippen LogP contribution < -0.4 is 5.32 Å². The fraction of sp³-hybridized carbons (Fsp3) is 0.385. The SMILES string of the molecule is O=C(O)N1CCC(Nc2ncnc3ccc(Cl)nc23)CC1. The van der Waals surface area contributed by atoms with Crippen molar-refractivity contribution < 1.29 is 9.90 Å². The molecule has 7 nitrogen and oxygen atoms in total. The summed E-state index contributed by atoms with van der Waals surface area (Å²) in [6.07, 6.45) is 2.08. The van der Waals surface area contributed by atoms with Crippen molar-refractivity contribution in [3.05, 3.63) is 23.6 Å². The number of fused-ring (bicyclic) bond motifs is 1. The van der Waals surface area contributed by atoms with Crippen LogP contribution in [0.3, 0.4) is 0 Å². The molecule has 1 saturated heterocycles. The molecule has 0 aromatic carbocycles. The van der Waals surface area contributed by atoms with Gasteiger partial charge in [-0.05, 0) is 25.0 Å². The molecule has 1 aliphatic heterocycles. The highest BCUT2D eigenvalue weighted by Crippen LogP contribution is 2.22. The average molecular weight is 308 g/mol. The standard InChI is InChI=1S/C13H14ClN5O2/c14-10-2-1-9-11(18-10)12(16-7-15-9)17-8-3-5-19(6-4-8)13(20)21/h1-2,7-8H,3-6H2,(H,20,21)(H,15,16,17). The summed E-state index contributed by atoms with van der Waals surface area (Å²) in [6, 6.07) is 3.65. The molecule has 3 rings (SSSR count). The van der Waals surface area contributed by atoms with Gasteiger partial charge in [-0.25, -0.2) is 19.7 Å². The zero-order valence-corrected chi connectivity index (χ0v) is 11.9. The molecule has 110 valence electrons. The smallest absolute Gasteiger partial charge is 0.407 e. The molecule has 1 amide bonds. The van der Waals surface area contributed by atoms with E-state index in [0.29, 0.717) is 29.6 Å². The van der Waals surface area contributed by atoms with Crippen LogP contribution >= 0.6 is 11.6 Å². The topological polar surface area (TPSA) is 91.2 Å². The van der Waals surface area contributed by atoms with Crippen LogP contribution in [0.1, 0.15) is 12.8 Å². The average Bonchev–Trinajstić information content (AvgIpc) is 2.48. The van der Waals surface area contributed by atoms with E-state index in [4.69, 9.17) is 16.7 Å². The number of carboxylic acid groups (broad SMARTS) is 1. The van der Waals surface area contributed by atoms with Crippen LogP contribution in [0.4, 0.5) is 10.6 Å².